The molecule has 0 aliphatic heterocycles. The van der Waals surface area contributed by atoms with Crippen molar-refractivity contribution >= 4 is 22.8 Å². The Hall–Kier alpha value is -3.34. The highest BCUT2D eigenvalue weighted by atomic mass is 35.5. The molecule has 4 aromatic rings. The maximum Gasteiger partial charge on any atom is 0.416 e. The van der Waals surface area contributed by atoms with Crippen molar-refractivity contribution in [1.29, 1.82) is 0 Å². The quantitative estimate of drug-likeness (QED) is 0.472. The lowest BCUT2D eigenvalue weighted by Gasteiger charge is -2.10. The molecule has 3 heterocycles. The highest BCUT2D eigenvalue weighted by Crippen LogP contribution is 2.32. The zero-order valence-corrected chi connectivity index (χ0v) is 17.2. The average Bonchev–Trinajstić information content (AvgIpc) is 3.25. The third-order valence-electron chi connectivity index (χ3n) is 5.38. The van der Waals surface area contributed by atoms with Crippen LogP contribution in [0, 0.1) is 5.92 Å². The van der Waals surface area contributed by atoms with E-state index in [1.165, 1.54) is 21.5 Å². The minimum Gasteiger partial charge on any atom is -0.332 e. The largest absolute Gasteiger partial charge is 0.416 e. The van der Waals surface area contributed by atoms with Crippen molar-refractivity contribution in [2.24, 2.45) is 5.92 Å². The Bertz CT molecular complexity index is 1440. The molecule has 1 aliphatic rings. The van der Waals surface area contributed by atoms with E-state index in [4.69, 9.17) is 11.6 Å². The summed E-state index contributed by atoms with van der Waals surface area (Å²) in [5, 5.41) is 4.35. The lowest BCUT2D eigenvalue weighted by molar-refractivity contribution is -0.137. The van der Waals surface area contributed by atoms with E-state index < -0.39 is 23.0 Å². The number of benzene rings is 1. The number of imidazole rings is 1. The molecule has 1 aromatic carbocycles. The summed E-state index contributed by atoms with van der Waals surface area (Å²) in [5.41, 5.74) is -0.691. The van der Waals surface area contributed by atoms with Crippen molar-refractivity contribution in [3.63, 3.8) is 0 Å². The van der Waals surface area contributed by atoms with Crippen LogP contribution in [0.4, 0.5) is 13.2 Å². The second-order valence-corrected chi connectivity index (χ2v) is 8.24. The summed E-state index contributed by atoms with van der Waals surface area (Å²) < 4.78 is 41.6. The van der Waals surface area contributed by atoms with E-state index in [1.54, 1.807) is 6.20 Å². The average molecular weight is 465 g/mol. The monoisotopic (exact) mass is 464 g/mol. The molecule has 0 spiro atoms. The Morgan fingerprint density at radius 1 is 1.19 bits per heavy atom. The van der Waals surface area contributed by atoms with Gasteiger partial charge in [-0.05, 0) is 42.5 Å². The van der Waals surface area contributed by atoms with Crippen LogP contribution in [0.25, 0.3) is 22.6 Å². The summed E-state index contributed by atoms with van der Waals surface area (Å²) in [7, 11) is 0. The van der Waals surface area contributed by atoms with Gasteiger partial charge in [0.2, 0.25) is 0 Å². The Morgan fingerprint density at radius 2 is 1.97 bits per heavy atom. The predicted molar refractivity (Wildman–Crippen MR) is 110 cm³/mol. The fourth-order valence-electron chi connectivity index (χ4n) is 3.49. The molecule has 3 aromatic heterocycles. The van der Waals surface area contributed by atoms with Gasteiger partial charge in [0.05, 0.1) is 23.9 Å². The molecule has 8 nitrogen and oxygen atoms in total. The third-order valence-corrected chi connectivity index (χ3v) is 5.75. The van der Waals surface area contributed by atoms with Crippen LogP contribution in [0.3, 0.4) is 0 Å². The molecule has 32 heavy (non-hydrogen) atoms. The maximum atomic E-state index is 13.0. The van der Waals surface area contributed by atoms with Gasteiger partial charge < -0.3 is 4.98 Å². The van der Waals surface area contributed by atoms with Gasteiger partial charge in [0.1, 0.15) is 11.3 Å². The van der Waals surface area contributed by atoms with Gasteiger partial charge in [-0.15, -0.1) is 0 Å². The summed E-state index contributed by atoms with van der Waals surface area (Å²) in [5.74, 6) is 0.646. The molecule has 0 saturated heterocycles. The zero-order chi connectivity index (χ0) is 22.6. The molecule has 5 rings (SSSR count). The molecule has 0 unspecified atom stereocenters. The number of H-pyrrole nitrogens is 2. The van der Waals surface area contributed by atoms with E-state index >= 15 is 0 Å². The Morgan fingerprint density at radius 3 is 2.69 bits per heavy atom. The molecule has 166 valence electrons. The fraction of sp³-hybridized carbons (Fsp3) is 0.300. The molecule has 0 atom stereocenters. The van der Waals surface area contributed by atoms with E-state index in [1.807, 2.05) is 0 Å². The van der Waals surface area contributed by atoms with Crippen LogP contribution in [0.2, 0.25) is 5.02 Å². The van der Waals surface area contributed by atoms with Gasteiger partial charge in [0.25, 0.3) is 5.56 Å². The molecular weight excluding hydrogens is 449 g/mol. The van der Waals surface area contributed by atoms with Crippen LogP contribution in [-0.4, -0.2) is 29.3 Å². The van der Waals surface area contributed by atoms with Crippen molar-refractivity contribution in [3.05, 3.63) is 67.6 Å². The normalized spacial score (nSPS) is 14.4. The smallest absolute Gasteiger partial charge is 0.332 e. The van der Waals surface area contributed by atoms with Crippen LogP contribution >= 0.6 is 11.6 Å². The molecule has 12 heteroatoms. The number of fused-ring (bicyclic) bond motifs is 1. The van der Waals surface area contributed by atoms with Crippen LogP contribution in [0.1, 0.15) is 24.0 Å². The number of hydrogen-bond acceptors (Lipinski definition) is 4. The van der Waals surface area contributed by atoms with Crippen molar-refractivity contribution in [1.82, 2.24) is 29.3 Å². The first-order valence-electron chi connectivity index (χ1n) is 9.80. The molecule has 2 N–H and O–H groups in total. The van der Waals surface area contributed by atoms with Crippen molar-refractivity contribution < 1.29 is 13.2 Å². The Balaban J connectivity index is 1.45. The second-order valence-electron chi connectivity index (χ2n) is 7.83. The van der Waals surface area contributed by atoms with Crippen molar-refractivity contribution in [2.75, 3.05) is 0 Å². The lowest BCUT2D eigenvalue weighted by atomic mass is 10.1. The first-order valence-corrected chi connectivity index (χ1v) is 10.2. The van der Waals surface area contributed by atoms with Crippen LogP contribution in [0.15, 0.2) is 40.2 Å². The number of nitrogens with zero attached hydrogens (tertiary/aromatic N) is 4. The van der Waals surface area contributed by atoms with Gasteiger partial charge >= 0.3 is 11.9 Å². The van der Waals surface area contributed by atoms with E-state index in [9.17, 15) is 22.8 Å². The first-order chi connectivity index (χ1) is 15.2. The second kappa shape index (κ2) is 7.37. The Kier molecular flexibility index (Phi) is 4.73. The molecule has 0 amide bonds. The summed E-state index contributed by atoms with van der Waals surface area (Å²) in [6.07, 6.45) is 0.530. The summed E-state index contributed by atoms with van der Waals surface area (Å²) in [6, 6.07) is 3.11. The number of alkyl halides is 3. The fourth-order valence-corrected chi connectivity index (χ4v) is 3.67. The number of rotatable bonds is 5. The van der Waals surface area contributed by atoms with Gasteiger partial charge in [-0.1, -0.05) is 11.6 Å². The number of aromatic nitrogens is 6. The first kappa shape index (κ1) is 20.6. The molecule has 1 saturated carbocycles. The zero-order valence-electron chi connectivity index (χ0n) is 16.4. The SMILES string of the molecule is O=c1[nH]c2nc(-c3cnn(Cc4cc(C(F)(F)F)ccc4Cl)c3)[nH]c2c(=O)n1CC1CC1. The van der Waals surface area contributed by atoms with Gasteiger partial charge in [-0.3, -0.25) is 19.0 Å². The van der Waals surface area contributed by atoms with E-state index in [-0.39, 0.29) is 28.3 Å². The minimum atomic E-state index is -4.48. The van der Waals surface area contributed by atoms with E-state index in [0.29, 0.717) is 23.9 Å². The predicted octanol–water partition coefficient (Wildman–Crippen LogP) is 3.41. The van der Waals surface area contributed by atoms with E-state index in [2.05, 4.69) is 20.1 Å². The standard InChI is InChI=1S/C20H16ClF3N6O2/c21-14-4-3-13(20(22,23)24)5-11(14)8-29-9-12(6-25-29)16-26-15-17(27-16)28-19(32)30(18(15)31)7-10-1-2-10/h3-6,9-10H,1-2,7-8H2,(H,26,27)(H,28,32). The number of hydrogen-bond donors (Lipinski definition) is 2. The molecular formula is C20H16ClF3N6O2. The molecule has 1 aliphatic carbocycles. The van der Waals surface area contributed by atoms with Crippen molar-refractivity contribution in [3.8, 4) is 11.4 Å². The van der Waals surface area contributed by atoms with Crippen LogP contribution < -0.4 is 11.2 Å². The van der Waals surface area contributed by atoms with Crippen molar-refractivity contribution in [2.45, 2.75) is 32.1 Å². The number of aromatic amines is 2. The molecule has 1 fully saturated rings. The van der Waals surface area contributed by atoms with Gasteiger partial charge in [0.15, 0.2) is 5.65 Å². The highest BCUT2D eigenvalue weighted by molar-refractivity contribution is 6.31. The molecule has 0 radical (unpaired) electrons. The topological polar surface area (TPSA) is 101 Å². The van der Waals surface area contributed by atoms with Gasteiger partial charge in [0, 0.05) is 17.8 Å². The Labute approximate surface area is 182 Å². The number of nitrogens with one attached hydrogen (secondary N) is 2. The van der Waals surface area contributed by atoms with Gasteiger partial charge in [-0.25, -0.2) is 9.78 Å². The van der Waals surface area contributed by atoms with E-state index in [0.717, 1.165) is 25.0 Å². The molecule has 0 bridgehead atoms. The van der Waals surface area contributed by atoms with Crippen LogP contribution in [0.5, 0.6) is 0 Å². The third kappa shape index (κ3) is 3.83. The van der Waals surface area contributed by atoms with Gasteiger partial charge in [-0.2, -0.15) is 18.3 Å². The maximum absolute atomic E-state index is 13.0. The highest BCUT2D eigenvalue weighted by Gasteiger charge is 2.31. The summed E-state index contributed by atoms with van der Waals surface area (Å²) in [4.78, 5) is 34.7. The lowest BCUT2D eigenvalue weighted by Crippen LogP contribution is -2.35. The van der Waals surface area contributed by atoms with Crippen LogP contribution in [-0.2, 0) is 19.3 Å². The summed E-state index contributed by atoms with van der Waals surface area (Å²) >= 11 is 6.06. The minimum absolute atomic E-state index is 0.00795. The summed E-state index contributed by atoms with van der Waals surface area (Å²) in [6.45, 7) is 0.377. The number of halogens is 4.